The van der Waals surface area contributed by atoms with Gasteiger partial charge >= 0.3 is 0 Å². The fraction of sp³-hybridized carbons (Fsp3) is 0.200. The normalized spacial score (nSPS) is 6.00. The van der Waals surface area contributed by atoms with Crippen molar-refractivity contribution in [1.82, 2.24) is 0 Å². The van der Waals surface area contributed by atoms with Gasteiger partial charge in [-0.15, -0.1) is 0 Å². The highest BCUT2D eigenvalue weighted by Crippen LogP contribution is 1.89. The molecule has 0 aliphatic carbocycles. The van der Waals surface area contributed by atoms with Gasteiger partial charge < -0.3 is 0 Å². The minimum absolute atomic E-state index is 0.149. The van der Waals surface area contributed by atoms with E-state index in [9.17, 15) is 0 Å². The Morgan fingerprint density at radius 3 is 2.29 bits per heavy atom. The van der Waals surface area contributed by atoms with Crippen molar-refractivity contribution < 1.29 is 0 Å². The van der Waals surface area contributed by atoms with Crippen LogP contribution in [0.15, 0.2) is 12.2 Å². The average Bonchev–Trinajstić information content (AvgIpc) is 1.68. The van der Waals surface area contributed by atoms with E-state index in [4.69, 9.17) is 10.5 Å². The van der Waals surface area contributed by atoms with Gasteiger partial charge in [0.05, 0.1) is 18.6 Å². The lowest BCUT2D eigenvalue weighted by Crippen LogP contribution is -1.67. The van der Waals surface area contributed by atoms with Gasteiger partial charge in [-0.3, -0.25) is 0 Å². The fourth-order valence-corrected chi connectivity index (χ4v) is 0.135. The highest BCUT2D eigenvalue weighted by molar-refractivity contribution is 5.19. The second-order valence-electron chi connectivity index (χ2n) is 1.05. The molecule has 0 N–H and O–H groups in total. The molecule has 0 radical (unpaired) electrons. The maximum Gasteiger partial charge on any atom is 0.0951 e. The second kappa shape index (κ2) is 2.93. The van der Waals surface area contributed by atoms with Crippen LogP contribution in [-0.4, -0.2) is 0 Å². The zero-order valence-corrected chi connectivity index (χ0v) is 3.81. The zero-order valence-electron chi connectivity index (χ0n) is 3.81. The van der Waals surface area contributed by atoms with Crippen LogP contribution < -0.4 is 0 Å². The molecule has 0 aliphatic rings. The Bertz CT molecular complexity index is 144. The van der Waals surface area contributed by atoms with E-state index in [0.717, 1.165) is 0 Å². The third-order valence-electron chi connectivity index (χ3n) is 0.451. The molecule has 0 saturated carbocycles. The van der Waals surface area contributed by atoms with Crippen LogP contribution in [-0.2, 0) is 0 Å². The van der Waals surface area contributed by atoms with Crippen molar-refractivity contribution in [2.75, 3.05) is 0 Å². The van der Waals surface area contributed by atoms with E-state index in [-0.39, 0.29) is 6.42 Å². The molecule has 0 amide bonds. The summed E-state index contributed by atoms with van der Waals surface area (Å²) in [5, 5.41) is 15.9. The van der Waals surface area contributed by atoms with Gasteiger partial charge in [-0.05, 0) is 0 Å². The Morgan fingerprint density at radius 2 is 2.14 bits per heavy atom. The smallest absolute Gasteiger partial charge is 0.0951 e. The minimum atomic E-state index is 0.149. The zero-order chi connectivity index (χ0) is 5.70. The lowest BCUT2D eigenvalue weighted by Gasteiger charge is -1.74. The second-order valence-corrected chi connectivity index (χ2v) is 1.05. The van der Waals surface area contributed by atoms with Crippen LogP contribution in [0.2, 0.25) is 0 Å². The van der Waals surface area contributed by atoms with Crippen LogP contribution in [0.3, 0.4) is 0 Å². The first kappa shape index (κ1) is 5.72. The molecule has 0 atom stereocenters. The van der Waals surface area contributed by atoms with E-state index in [1.807, 2.05) is 0 Å². The molecule has 0 aromatic rings. The van der Waals surface area contributed by atoms with Crippen LogP contribution in [0.4, 0.5) is 0 Å². The highest BCUT2D eigenvalue weighted by Gasteiger charge is 1.83. The summed E-state index contributed by atoms with van der Waals surface area (Å²) in [6.07, 6.45) is 0.149. The summed E-state index contributed by atoms with van der Waals surface area (Å²) in [7, 11) is 0. The highest BCUT2D eigenvalue weighted by atomic mass is 14.3. The molecular formula is C5H4N2. The maximum absolute atomic E-state index is 7.97. The number of hydrogen-bond donors (Lipinski definition) is 0. The van der Waals surface area contributed by atoms with E-state index in [1.165, 1.54) is 0 Å². The topological polar surface area (TPSA) is 47.6 Å². The van der Waals surface area contributed by atoms with Crippen LogP contribution >= 0.6 is 0 Å². The molecule has 0 rings (SSSR count). The summed E-state index contributed by atoms with van der Waals surface area (Å²) < 4.78 is 0. The Hall–Kier alpha value is -1.28. The molecule has 0 aliphatic heterocycles. The third-order valence-corrected chi connectivity index (χ3v) is 0.451. The number of nitrogens with zero attached hydrogens (tertiary/aromatic N) is 2. The van der Waals surface area contributed by atoms with E-state index < -0.39 is 0 Å². The van der Waals surface area contributed by atoms with Crippen LogP contribution in [0.1, 0.15) is 6.42 Å². The molecule has 0 spiro atoms. The van der Waals surface area contributed by atoms with Crippen LogP contribution in [0.25, 0.3) is 0 Å². The molecule has 2 heteroatoms. The molecule has 0 aromatic carbocycles. The Kier molecular flexibility index (Phi) is 2.40. The Morgan fingerprint density at radius 1 is 1.57 bits per heavy atom. The van der Waals surface area contributed by atoms with Crippen molar-refractivity contribution in [1.29, 1.82) is 10.5 Å². The monoisotopic (exact) mass is 92.0 g/mol. The predicted octanol–water partition coefficient (Wildman–Crippen LogP) is 0.980. The molecule has 0 heterocycles. The van der Waals surface area contributed by atoms with Crippen molar-refractivity contribution in [3.05, 3.63) is 12.2 Å². The van der Waals surface area contributed by atoms with Crippen molar-refractivity contribution in [3.8, 4) is 12.1 Å². The largest absolute Gasteiger partial charge is 0.198 e. The molecule has 0 unspecified atom stereocenters. The van der Waals surface area contributed by atoms with Gasteiger partial charge in [-0.2, -0.15) is 10.5 Å². The SMILES string of the molecule is C=C(C#N)CC#N. The lowest BCUT2D eigenvalue weighted by molar-refractivity contribution is 1.28. The summed E-state index contributed by atoms with van der Waals surface area (Å²) in [6.45, 7) is 3.28. The number of hydrogen-bond acceptors (Lipinski definition) is 2. The molecule has 0 saturated heterocycles. The van der Waals surface area contributed by atoms with E-state index in [0.29, 0.717) is 5.57 Å². The van der Waals surface area contributed by atoms with E-state index in [2.05, 4.69) is 6.58 Å². The minimum Gasteiger partial charge on any atom is -0.198 e. The Labute approximate surface area is 42.3 Å². The van der Waals surface area contributed by atoms with Gasteiger partial charge in [0.15, 0.2) is 0 Å². The first-order chi connectivity index (χ1) is 3.31. The van der Waals surface area contributed by atoms with Crippen molar-refractivity contribution in [2.45, 2.75) is 6.42 Å². The van der Waals surface area contributed by atoms with Crippen LogP contribution in [0, 0.1) is 22.7 Å². The lowest BCUT2D eigenvalue weighted by atomic mass is 10.3. The summed E-state index contributed by atoms with van der Waals surface area (Å²) in [5.74, 6) is 0. The quantitative estimate of drug-likeness (QED) is 0.452. The molecule has 0 bridgehead atoms. The van der Waals surface area contributed by atoms with Gasteiger partial charge in [-0.25, -0.2) is 0 Å². The van der Waals surface area contributed by atoms with Gasteiger partial charge in [-0.1, -0.05) is 6.58 Å². The summed E-state index contributed by atoms with van der Waals surface area (Å²) >= 11 is 0. The standard InChI is InChI=1S/C5H4N2/c1-5(4-7)2-3-6/h1-2H2. The van der Waals surface area contributed by atoms with Gasteiger partial charge in [0.25, 0.3) is 0 Å². The van der Waals surface area contributed by atoms with Crippen molar-refractivity contribution in [3.63, 3.8) is 0 Å². The number of allylic oxidation sites excluding steroid dienone is 1. The summed E-state index contributed by atoms with van der Waals surface area (Å²) in [6, 6.07) is 3.55. The van der Waals surface area contributed by atoms with Crippen LogP contribution in [0.5, 0.6) is 0 Å². The molecule has 0 aromatic heterocycles. The number of nitriles is 2. The average molecular weight is 92.1 g/mol. The van der Waals surface area contributed by atoms with Gasteiger partial charge in [0, 0.05) is 5.57 Å². The Balaban J connectivity index is 3.50. The van der Waals surface area contributed by atoms with Crippen molar-refractivity contribution in [2.24, 2.45) is 0 Å². The van der Waals surface area contributed by atoms with E-state index in [1.54, 1.807) is 12.1 Å². The molecule has 0 fully saturated rings. The van der Waals surface area contributed by atoms with Gasteiger partial charge in [0.2, 0.25) is 0 Å². The summed E-state index contributed by atoms with van der Waals surface area (Å²) in [4.78, 5) is 0. The first-order valence-corrected chi connectivity index (χ1v) is 1.76. The molecule has 7 heavy (non-hydrogen) atoms. The van der Waals surface area contributed by atoms with Gasteiger partial charge in [0.1, 0.15) is 0 Å². The first-order valence-electron chi connectivity index (χ1n) is 1.76. The molecular weight excluding hydrogens is 88.1 g/mol. The van der Waals surface area contributed by atoms with E-state index >= 15 is 0 Å². The maximum atomic E-state index is 7.97. The molecule has 2 nitrogen and oxygen atoms in total. The molecule has 34 valence electrons. The predicted molar refractivity (Wildman–Crippen MR) is 25.0 cm³/mol. The summed E-state index contributed by atoms with van der Waals surface area (Å²) in [5.41, 5.74) is 0.322. The van der Waals surface area contributed by atoms with Crippen molar-refractivity contribution >= 4 is 0 Å². The number of rotatable bonds is 1. The fourth-order valence-electron chi connectivity index (χ4n) is 0.135. The third kappa shape index (κ3) is 2.52.